The molecule has 0 fully saturated rings. The monoisotopic (exact) mass is 281 g/mol. The quantitative estimate of drug-likeness (QED) is 0.826. The molecule has 1 aromatic heterocycles. The topological polar surface area (TPSA) is 22.0 Å². The molecule has 1 aromatic carbocycles. The third kappa shape index (κ3) is 2.80. The number of Topliss-reactive ketones (excluding diaryl/α,β-unsaturated/α-hetero) is 1. The SMILES string of the molecule is Cc1cc2c(n1CCc1ccccc1)CC(C)(C)CC2=O. The first-order valence-corrected chi connectivity index (χ1v) is 7.72. The second-order valence-corrected chi connectivity index (χ2v) is 6.97. The summed E-state index contributed by atoms with van der Waals surface area (Å²) in [7, 11) is 0. The van der Waals surface area contributed by atoms with Gasteiger partial charge in [-0.1, -0.05) is 44.2 Å². The van der Waals surface area contributed by atoms with E-state index in [4.69, 9.17) is 0 Å². The number of aromatic nitrogens is 1. The van der Waals surface area contributed by atoms with Crippen molar-refractivity contribution in [3.63, 3.8) is 0 Å². The predicted octanol–water partition coefficient (Wildman–Crippen LogP) is 4.19. The van der Waals surface area contributed by atoms with E-state index in [2.05, 4.69) is 55.7 Å². The van der Waals surface area contributed by atoms with Crippen molar-refractivity contribution in [1.82, 2.24) is 4.57 Å². The number of carbonyl (C=O) groups excluding carboxylic acids is 1. The number of benzene rings is 1. The maximum Gasteiger partial charge on any atom is 0.165 e. The summed E-state index contributed by atoms with van der Waals surface area (Å²) >= 11 is 0. The van der Waals surface area contributed by atoms with Gasteiger partial charge in [-0.15, -0.1) is 0 Å². The highest BCUT2D eigenvalue weighted by molar-refractivity contribution is 5.99. The summed E-state index contributed by atoms with van der Waals surface area (Å²) in [5.41, 5.74) is 4.84. The van der Waals surface area contributed by atoms with Gasteiger partial charge in [-0.3, -0.25) is 4.79 Å². The number of hydrogen-bond acceptors (Lipinski definition) is 1. The van der Waals surface area contributed by atoms with Crippen molar-refractivity contribution in [2.24, 2.45) is 5.41 Å². The largest absolute Gasteiger partial charge is 0.348 e. The molecule has 0 atom stereocenters. The zero-order valence-electron chi connectivity index (χ0n) is 13.1. The summed E-state index contributed by atoms with van der Waals surface area (Å²) in [5, 5.41) is 0. The fraction of sp³-hybridized carbons (Fsp3) is 0.421. The van der Waals surface area contributed by atoms with Gasteiger partial charge in [0, 0.05) is 29.9 Å². The first kappa shape index (κ1) is 14.1. The Kier molecular flexibility index (Phi) is 3.48. The number of nitrogens with zero attached hydrogens (tertiary/aromatic N) is 1. The van der Waals surface area contributed by atoms with Gasteiger partial charge >= 0.3 is 0 Å². The van der Waals surface area contributed by atoms with E-state index in [9.17, 15) is 4.79 Å². The third-order valence-electron chi connectivity index (χ3n) is 4.47. The van der Waals surface area contributed by atoms with Gasteiger partial charge in [-0.05, 0) is 36.8 Å². The van der Waals surface area contributed by atoms with E-state index >= 15 is 0 Å². The molecule has 1 aliphatic carbocycles. The number of aryl methyl sites for hydroxylation is 2. The Morgan fingerprint density at radius 2 is 1.86 bits per heavy atom. The molecule has 1 aliphatic rings. The van der Waals surface area contributed by atoms with Crippen molar-refractivity contribution in [3.05, 3.63) is 58.9 Å². The van der Waals surface area contributed by atoms with Gasteiger partial charge in [0.2, 0.25) is 0 Å². The molecule has 0 bridgehead atoms. The minimum Gasteiger partial charge on any atom is -0.348 e. The van der Waals surface area contributed by atoms with Gasteiger partial charge in [0.05, 0.1) is 0 Å². The Bertz CT molecular complexity index is 664. The lowest BCUT2D eigenvalue weighted by Crippen LogP contribution is -2.28. The van der Waals surface area contributed by atoms with Crippen LogP contribution in [-0.2, 0) is 19.4 Å². The molecule has 0 N–H and O–H groups in total. The lowest BCUT2D eigenvalue weighted by molar-refractivity contribution is 0.0910. The van der Waals surface area contributed by atoms with Gasteiger partial charge in [-0.2, -0.15) is 0 Å². The van der Waals surface area contributed by atoms with Crippen molar-refractivity contribution >= 4 is 5.78 Å². The molecule has 2 heteroatoms. The van der Waals surface area contributed by atoms with Crippen LogP contribution in [-0.4, -0.2) is 10.4 Å². The molecule has 110 valence electrons. The Hall–Kier alpha value is -1.83. The molecule has 0 spiro atoms. The fourth-order valence-corrected chi connectivity index (χ4v) is 3.40. The first-order chi connectivity index (χ1) is 9.96. The summed E-state index contributed by atoms with van der Waals surface area (Å²) in [6.45, 7) is 7.45. The van der Waals surface area contributed by atoms with Gasteiger partial charge in [0.15, 0.2) is 5.78 Å². The van der Waals surface area contributed by atoms with E-state index in [0.29, 0.717) is 12.2 Å². The molecule has 1 heterocycles. The van der Waals surface area contributed by atoms with Crippen molar-refractivity contribution in [3.8, 4) is 0 Å². The van der Waals surface area contributed by atoms with Crippen molar-refractivity contribution in [2.75, 3.05) is 0 Å². The smallest absolute Gasteiger partial charge is 0.165 e. The normalized spacial score (nSPS) is 16.8. The van der Waals surface area contributed by atoms with Crippen LogP contribution in [0.5, 0.6) is 0 Å². The molecule has 0 saturated heterocycles. The molecule has 2 aromatic rings. The lowest BCUT2D eigenvalue weighted by Gasteiger charge is -2.30. The van der Waals surface area contributed by atoms with Crippen LogP contribution < -0.4 is 0 Å². The van der Waals surface area contributed by atoms with Crippen molar-refractivity contribution in [2.45, 2.75) is 46.6 Å². The lowest BCUT2D eigenvalue weighted by atomic mass is 9.76. The number of hydrogen-bond donors (Lipinski definition) is 0. The fourth-order valence-electron chi connectivity index (χ4n) is 3.40. The van der Waals surface area contributed by atoms with Crippen LogP contribution in [0.3, 0.4) is 0 Å². The average molecular weight is 281 g/mol. The Morgan fingerprint density at radius 1 is 1.14 bits per heavy atom. The zero-order chi connectivity index (χ0) is 15.0. The van der Waals surface area contributed by atoms with E-state index < -0.39 is 0 Å². The van der Waals surface area contributed by atoms with E-state index in [1.54, 1.807) is 0 Å². The average Bonchev–Trinajstić information content (AvgIpc) is 2.73. The Labute approximate surface area is 126 Å². The standard InChI is InChI=1S/C19H23NO/c1-14-11-16-17(12-19(2,3)13-18(16)21)20(14)10-9-15-7-5-4-6-8-15/h4-8,11H,9-10,12-13H2,1-3H3. The highest BCUT2D eigenvalue weighted by Gasteiger charge is 2.33. The molecule has 3 rings (SSSR count). The molecule has 0 amide bonds. The van der Waals surface area contributed by atoms with Crippen LogP contribution >= 0.6 is 0 Å². The predicted molar refractivity (Wildman–Crippen MR) is 85.7 cm³/mol. The molecule has 0 aliphatic heterocycles. The number of rotatable bonds is 3. The second kappa shape index (κ2) is 5.18. The number of fused-ring (bicyclic) bond motifs is 1. The molecule has 2 nitrogen and oxygen atoms in total. The summed E-state index contributed by atoms with van der Waals surface area (Å²) in [4.78, 5) is 12.3. The van der Waals surface area contributed by atoms with Crippen LogP contribution in [0.2, 0.25) is 0 Å². The maximum atomic E-state index is 12.3. The van der Waals surface area contributed by atoms with Crippen molar-refractivity contribution < 1.29 is 4.79 Å². The molecule has 0 unspecified atom stereocenters. The van der Waals surface area contributed by atoms with Crippen LogP contribution in [0.1, 0.15) is 47.6 Å². The molecule has 0 radical (unpaired) electrons. The minimum absolute atomic E-state index is 0.0827. The number of carbonyl (C=O) groups is 1. The zero-order valence-corrected chi connectivity index (χ0v) is 13.1. The first-order valence-electron chi connectivity index (χ1n) is 7.72. The van der Waals surface area contributed by atoms with Crippen LogP contribution in [0.4, 0.5) is 0 Å². The van der Waals surface area contributed by atoms with E-state index in [1.165, 1.54) is 17.0 Å². The Morgan fingerprint density at radius 3 is 2.57 bits per heavy atom. The van der Waals surface area contributed by atoms with E-state index in [-0.39, 0.29) is 5.41 Å². The Balaban J connectivity index is 1.88. The maximum absolute atomic E-state index is 12.3. The van der Waals surface area contributed by atoms with Gasteiger partial charge in [-0.25, -0.2) is 0 Å². The van der Waals surface area contributed by atoms with Gasteiger partial charge < -0.3 is 4.57 Å². The molecular formula is C19H23NO. The van der Waals surface area contributed by atoms with Crippen LogP contribution in [0.15, 0.2) is 36.4 Å². The second-order valence-electron chi connectivity index (χ2n) is 6.97. The minimum atomic E-state index is 0.0827. The molecular weight excluding hydrogens is 258 g/mol. The van der Waals surface area contributed by atoms with Gasteiger partial charge in [0.1, 0.15) is 0 Å². The summed E-state index contributed by atoms with van der Waals surface area (Å²) < 4.78 is 2.35. The number of ketones is 1. The molecule has 0 saturated carbocycles. The van der Waals surface area contributed by atoms with Crippen molar-refractivity contribution in [1.29, 1.82) is 0 Å². The summed E-state index contributed by atoms with van der Waals surface area (Å²) in [5.74, 6) is 0.308. The highest BCUT2D eigenvalue weighted by Crippen LogP contribution is 2.36. The third-order valence-corrected chi connectivity index (χ3v) is 4.47. The van der Waals surface area contributed by atoms with E-state index in [1.807, 2.05) is 6.07 Å². The summed E-state index contributed by atoms with van der Waals surface area (Å²) in [6, 6.07) is 12.6. The highest BCUT2D eigenvalue weighted by atomic mass is 16.1. The molecule has 21 heavy (non-hydrogen) atoms. The van der Waals surface area contributed by atoms with Gasteiger partial charge in [0.25, 0.3) is 0 Å². The summed E-state index contributed by atoms with van der Waals surface area (Å²) in [6.07, 6.45) is 2.68. The van der Waals surface area contributed by atoms with Crippen LogP contribution in [0.25, 0.3) is 0 Å². The van der Waals surface area contributed by atoms with E-state index in [0.717, 1.165) is 24.9 Å². The van der Waals surface area contributed by atoms with Crippen LogP contribution in [0, 0.1) is 12.3 Å².